The average molecular weight is 359 g/mol. The van der Waals surface area contributed by atoms with E-state index in [1.54, 1.807) is 30.2 Å². The summed E-state index contributed by atoms with van der Waals surface area (Å²) in [5, 5.41) is 7.79. The number of nitrogens with one attached hydrogen (secondary N) is 1. The second-order valence-electron chi connectivity index (χ2n) is 5.68. The van der Waals surface area contributed by atoms with Gasteiger partial charge in [-0.25, -0.2) is 4.98 Å². The summed E-state index contributed by atoms with van der Waals surface area (Å²) in [5.41, 5.74) is 0.899. The van der Waals surface area contributed by atoms with Crippen LogP contribution in [0.4, 0.5) is 0 Å². The van der Waals surface area contributed by atoms with Gasteiger partial charge < -0.3 is 18.8 Å². The molecular weight excluding hydrogens is 342 g/mol. The Hall–Kier alpha value is -2.55. The molecule has 8 nitrogen and oxygen atoms in total. The van der Waals surface area contributed by atoms with Crippen LogP contribution in [0.15, 0.2) is 38.7 Å². The monoisotopic (exact) mass is 359 g/mol. The van der Waals surface area contributed by atoms with Crippen LogP contribution in [0, 0.1) is 0 Å². The molecule has 3 aromatic heterocycles. The van der Waals surface area contributed by atoms with Crippen molar-refractivity contribution in [1.29, 1.82) is 0 Å². The summed E-state index contributed by atoms with van der Waals surface area (Å²) in [6, 6.07) is 3.54. The molecule has 0 atom stereocenters. The number of carbonyl (C=O) groups excluding carboxylic acids is 1. The van der Waals surface area contributed by atoms with Gasteiger partial charge in [-0.1, -0.05) is 16.9 Å². The Bertz CT molecular complexity index is 834. The van der Waals surface area contributed by atoms with E-state index in [-0.39, 0.29) is 5.91 Å². The molecule has 4 heterocycles. The number of aryl methyl sites for hydroxylation is 2. The number of hydrogen-bond donors (Lipinski definition) is 1. The molecule has 25 heavy (non-hydrogen) atoms. The summed E-state index contributed by atoms with van der Waals surface area (Å²) in [6.07, 6.45) is 5.16. The van der Waals surface area contributed by atoms with Crippen molar-refractivity contribution >= 4 is 17.7 Å². The Morgan fingerprint density at radius 3 is 3.20 bits per heavy atom. The third-order valence-corrected chi connectivity index (χ3v) is 4.79. The topological polar surface area (TPSA) is 99.0 Å². The number of nitrogens with zero attached hydrogens (tertiary/aromatic N) is 4. The zero-order chi connectivity index (χ0) is 17.1. The first-order chi connectivity index (χ1) is 12.3. The highest BCUT2D eigenvalue weighted by atomic mass is 32.2. The maximum atomic E-state index is 11.9. The van der Waals surface area contributed by atoms with Crippen LogP contribution in [-0.4, -0.2) is 31.4 Å². The van der Waals surface area contributed by atoms with E-state index in [4.69, 9.17) is 8.94 Å². The van der Waals surface area contributed by atoms with Crippen molar-refractivity contribution in [2.75, 3.05) is 5.75 Å². The standard InChI is InChI=1S/C16H17N5O3S/c22-13(17-9-11-10-21-6-8-25-16(21)18-11)4-1-5-14-19-15(20-24-14)12-3-2-7-23-12/h2-3,7,10H,1,4-6,8-9H2,(H,17,22). The molecule has 0 fully saturated rings. The largest absolute Gasteiger partial charge is 0.461 e. The highest BCUT2D eigenvalue weighted by molar-refractivity contribution is 7.99. The maximum absolute atomic E-state index is 11.9. The number of amides is 1. The molecule has 130 valence electrons. The van der Waals surface area contributed by atoms with Crippen LogP contribution in [0.25, 0.3) is 11.6 Å². The molecule has 9 heteroatoms. The van der Waals surface area contributed by atoms with Gasteiger partial charge in [-0.3, -0.25) is 4.79 Å². The molecule has 0 saturated heterocycles. The lowest BCUT2D eigenvalue weighted by molar-refractivity contribution is -0.121. The smallest absolute Gasteiger partial charge is 0.238 e. The highest BCUT2D eigenvalue weighted by Gasteiger charge is 2.15. The van der Waals surface area contributed by atoms with Crippen LogP contribution < -0.4 is 5.32 Å². The van der Waals surface area contributed by atoms with E-state index in [0.29, 0.717) is 43.3 Å². The van der Waals surface area contributed by atoms with Gasteiger partial charge in [-0.2, -0.15) is 4.98 Å². The lowest BCUT2D eigenvalue weighted by atomic mass is 10.2. The van der Waals surface area contributed by atoms with Gasteiger partial charge in [0.25, 0.3) is 0 Å². The number of carbonyl (C=O) groups is 1. The summed E-state index contributed by atoms with van der Waals surface area (Å²) >= 11 is 1.74. The van der Waals surface area contributed by atoms with Gasteiger partial charge in [-0.05, 0) is 18.6 Å². The summed E-state index contributed by atoms with van der Waals surface area (Å²) in [4.78, 5) is 20.7. The second kappa shape index (κ2) is 7.14. The molecule has 0 radical (unpaired) electrons. The van der Waals surface area contributed by atoms with Crippen LogP contribution in [0.2, 0.25) is 0 Å². The third kappa shape index (κ3) is 3.76. The van der Waals surface area contributed by atoms with Gasteiger partial charge in [0.15, 0.2) is 10.9 Å². The van der Waals surface area contributed by atoms with Gasteiger partial charge >= 0.3 is 0 Å². The number of aromatic nitrogens is 4. The van der Waals surface area contributed by atoms with Crippen LogP contribution >= 0.6 is 11.8 Å². The van der Waals surface area contributed by atoms with Crippen molar-refractivity contribution in [2.24, 2.45) is 0 Å². The van der Waals surface area contributed by atoms with Crippen LogP contribution in [0.5, 0.6) is 0 Å². The van der Waals surface area contributed by atoms with E-state index >= 15 is 0 Å². The molecule has 0 spiro atoms. The minimum Gasteiger partial charge on any atom is -0.461 e. The van der Waals surface area contributed by atoms with Crippen LogP contribution in [0.1, 0.15) is 24.4 Å². The fourth-order valence-corrected chi connectivity index (χ4v) is 3.55. The minimum atomic E-state index is -0.00779. The van der Waals surface area contributed by atoms with E-state index in [0.717, 1.165) is 23.1 Å². The number of thioether (sulfide) groups is 1. The SMILES string of the molecule is O=C(CCCc1nc(-c2ccco2)no1)NCc1cn2c(n1)SCC2. The first-order valence-electron chi connectivity index (χ1n) is 8.10. The van der Waals surface area contributed by atoms with Gasteiger partial charge in [0.2, 0.25) is 17.6 Å². The quantitative estimate of drug-likeness (QED) is 0.691. The zero-order valence-electron chi connectivity index (χ0n) is 13.5. The maximum Gasteiger partial charge on any atom is 0.238 e. The van der Waals surface area contributed by atoms with Crippen molar-refractivity contribution in [3.8, 4) is 11.6 Å². The zero-order valence-corrected chi connectivity index (χ0v) is 14.3. The van der Waals surface area contributed by atoms with Crippen LogP contribution in [0.3, 0.4) is 0 Å². The third-order valence-electron chi connectivity index (χ3n) is 3.82. The predicted octanol–water partition coefficient (Wildman–Crippen LogP) is 2.27. The molecular formula is C16H17N5O3S. The van der Waals surface area contributed by atoms with Gasteiger partial charge in [0, 0.05) is 31.3 Å². The average Bonchev–Trinajstić information content (AvgIpc) is 3.35. The van der Waals surface area contributed by atoms with Crippen molar-refractivity contribution in [3.05, 3.63) is 36.2 Å². The highest BCUT2D eigenvalue weighted by Crippen LogP contribution is 2.24. The molecule has 0 unspecified atom stereocenters. The number of rotatable bonds is 7. The Kier molecular flexibility index (Phi) is 4.55. The van der Waals surface area contributed by atoms with E-state index in [9.17, 15) is 4.79 Å². The molecule has 1 amide bonds. The van der Waals surface area contributed by atoms with Crippen molar-refractivity contribution in [2.45, 2.75) is 37.5 Å². The first kappa shape index (κ1) is 15.9. The molecule has 1 aliphatic heterocycles. The Balaban J connectivity index is 1.20. The van der Waals surface area contributed by atoms with E-state index in [2.05, 4.69) is 25.0 Å². The number of hydrogen-bond acceptors (Lipinski definition) is 7. The number of furan rings is 1. The Morgan fingerprint density at radius 2 is 2.36 bits per heavy atom. The van der Waals surface area contributed by atoms with Crippen molar-refractivity contribution in [1.82, 2.24) is 25.0 Å². The minimum absolute atomic E-state index is 0.00779. The van der Waals surface area contributed by atoms with E-state index in [1.165, 1.54) is 0 Å². The van der Waals surface area contributed by atoms with Gasteiger partial charge in [0.05, 0.1) is 18.5 Å². The molecule has 0 saturated carbocycles. The normalized spacial score (nSPS) is 13.1. The van der Waals surface area contributed by atoms with Gasteiger partial charge in [0.1, 0.15) is 0 Å². The molecule has 1 aliphatic rings. The van der Waals surface area contributed by atoms with E-state index < -0.39 is 0 Å². The molecule has 0 aliphatic carbocycles. The summed E-state index contributed by atoms with van der Waals surface area (Å²) in [5.74, 6) is 2.56. The predicted molar refractivity (Wildman–Crippen MR) is 89.7 cm³/mol. The number of imidazole rings is 1. The molecule has 4 rings (SSSR count). The molecule has 3 aromatic rings. The molecule has 1 N–H and O–H groups in total. The lowest BCUT2D eigenvalue weighted by Gasteiger charge is -2.02. The molecule has 0 bridgehead atoms. The summed E-state index contributed by atoms with van der Waals surface area (Å²) in [6.45, 7) is 1.45. The Labute approximate surface area is 148 Å². The Morgan fingerprint density at radius 1 is 1.40 bits per heavy atom. The van der Waals surface area contributed by atoms with Gasteiger partial charge in [-0.15, -0.1) is 0 Å². The summed E-state index contributed by atoms with van der Waals surface area (Å²) < 4.78 is 12.5. The van der Waals surface area contributed by atoms with Crippen LogP contribution in [-0.2, 0) is 24.3 Å². The summed E-state index contributed by atoms with van der Waals surface area (Å²) in [7, 11) is 0. The van der Waals surface area contributed by atoms with E-state index in [1.807, 2.05) is 6.20 Å². The lowest BCUT2D eigenvalue weighted by Crippen LogP contribution is -2.22. The fourth-order valence-electron chi connectivity index (χ4n) is 2.59. The molecule has 0 aromatic carbocycles. The van der Waals surface area contributed by atoms with Crippen molar-refractivity contribution < 1.29 is 13.7 Å². The second-order valence-corrected chi connectivity index (χ2v) is 6.74. The van der Waals surface area contributed by atoms with Crippen molar-refractivity contribution in [3.63, 3.8) is 0 Å². The first-order valence-corrected chi connectivity index (χ1v) is 9.08. The number of fused-ring (bicyclic) bond motifs is 1. The fraction of sp³-hybridized carbons (Fsp3) is 0.375.